The minimum absolute atomic E-state index is 0. The van der Waals surface area contributed by atoms with Crippen molar-refractivity contribution in [1.29, 1.82) is 0 Å². The molecule has 2 heterocycles. The fourth-order valence-electron chi connectivity index (χ4n) is 6.77. The molecule has 1 aliphatic rings. The average Bonchev–Trinajstić information content (AvgIpc) is 3.04. The van der Waals surface area contributed by atoms with E-state index in [0.29, 0.717) is 0 Å². The SMILES string of the molecule is CC(C)(C)c1cc(-c2nccc3c2O[Si](C)(C)c2cc([Si](C)(C)C)ccc2-3)[c-]c2ccccc12.CCC(CC)C(=O)/C=C(\O)C(CC)CC.[Ir]. The van der Waals surface area contributed by atoms with Crippen LogP contribution in [0.5, 0.6) is 5.75 Å². The molecule has 0 fully saturated rings. The fourth-order valence-corrected chi connectivity index (χ4v) is 10.3. The minimum atomic E-state index is -2.17. The van der Waals surface area contributed by atoms with E-state index < -0.39 is 16.4 Å². The largest absolute Gasteiger partial charge is 0.543 e. The van der Waals surface area contributed by atoms with Gasteiger partial charge in [-0.2, -0.15) is 0 Å². The van der Waals surface area contributed by atoms with Crippen LogP contribution in [0, 0.1) is 17.9 Å². The molecule has 1 radical (unpaired) electrons. The van der Waals surface area contributed by atoms with Crippen LogP contribution in [0.3, 0.4) is 0 Å². The molecule has 1 aliphatic heterocycles. The zero-order valence-electron chi connectivity index (χ0n) is 32.4. The normalized spacial score (nSPS) is 13.9. The van der Waals surface area contributed by atoms with Gasteiger partial charge in [0, 0.05) is 55.5 Å². The molecule has 4 aromatic rings. The first-order chi connectivity index (χ1) is 23.0. The smallest absolute Gasteiger partial charge is 0.276 e. The number of carbonyl (C=O) groups excluding carboxylic acids is 1. The Kier molecular flexibility index (Phi) is 13.9. The van der Waals surface area contributed by atoms with Gasteiger partial charge in [0.05, 0.1) is 13.8 Å². The van der Waals surface area contributed by atoms with Crippen molar-refractivity contribution in [3.63, 3.8) is 0 Å². The van der Waals surface area contributed by atoms with Crippen LogP contribution in [0.15, 0.2) is 72.6 Å². The third-order valence-corrected chi connectivity index (χ3v) is 14.5. The fraction of sp³-hybridized carbons (Fsp3) is 0.442. The van der Waals surface area contributed by atoms with Crippen LogP contribution in [0.25, 0.3) is 33.2 Å². The summed E-state index contributed by atoms with van der Waals surface area (Å²) in [5, 5.41) is 15.0. The second kappa shape index (κ2) is 16.7. The molecule has 1 aromatic heterocycles. The molecule has 0 saturated carbocycles. The monoisotopic (exact) mass is 885 g/mol. The molecule has 1 N–H and O–H groups in total. The predicted octanol–water partition coefficient (Wildman–Crippen LogP) is 10.9. The molecule has 0 bridgehead atoms. The Balaban J connectivity index is 0.000000361. The van der Waals surface area contributed by atoms with Gasteiger partial charge >= 0.3 is 0 Å². The van der Waals surface area contributed by atoms with Crippen molar-refractivity contribution in [2.75, 3.05) is 0 Å². The van der Waals surface area contributed by atoms with Crippen LogP contribution in [-0.4, -0.2) is 32.3 Å². The van der Waals surface area contributed by atoms with Gasteiger partial charge in [-0.05, 0) is 61.0 Å². The summed E-state index contributed by atoms with van der Waals surface area (Å²) in [6, 6.07) is 23.7. The molecule has 5 rings (SSSR count). The number of benzene rings is 3. The maximum atomic E-state index is 11.7. The average molecular weight is 885 g/mol. The van der Waals surface area contributed by atoms with Crippen LogP contribution in [0.1, 0.15) is 79.7 Å². The first-order valence-corrected chi connectivity index (χ1v) is 24.6. The minimum Gasteiger partial charge on any atom is -0.543 e. The Morgan fingerprint density at radius 3 is 2.12 bits per heavy atom. The molecule has 0 unspecified atom stereocenters. The molecule has 0 spiro atoms. The molecule has 0 aliphatic carbocycles. The van der Waals surface area contributed by atoms with E-state index in [1.165, 1.54) is 33.0 Å². The number of hydrogen-bond donors (Lipinski definition) is 1. The Hall–Kier alpha value is -2.84. The van der Waals surface area contributed by atoms with Crippen molar-refractivity contribution in [3.05, 3.63) is 84.3 Å². The third-order valence-electron chi connectivity index (χ3n) is 10.0. The molecule has 4 nitrogen and oxygen atoms in total. The van der Waals surface area contributed by atoms with Crippen LogP contribution in [0.2, 0.25) is 32.7 Å². The van der Waals surface area contributed by atoms with E-state index in [0.717, 1.165) is 53.6 Å². The summed E-state index contributed by atoms with van der Waals surface area (Å²) in [5.74, 6) is 1.46. The van der Waals surface area contributed by atoms with Gasteiger partial charge in [-0.3, -0.25) is 9.78 Å². The maximum absolute atomic E-state index is 11.7. The summed E-state index contributed by atoms with van der Waals surface area (Å²) >= 11 is 0. The van der Waals surface area contributed by atoms with E-state index in [4.69, 9.17) is 9.41 Å². The second-order valence-electron chi connectivity index (χ2n) is 16.0. The maximum Gasteiger partial charge on any atom is 0.276 e. The Bertz CT molecular complexity index is 1830. The standard InChI is InChI=1S/C30H34NOSi2.C13H24O2.Ir/c1-30(2,3)26-18-21(17-20-11-9-10-12-23(20)26)28-29-25(15-16-31-28)24-14-13-22(33(4,5)6)19-27(24)34(7,8)32-29;1-5-10(6-2)12(14)9-13(15)11(7-3)8-4;/h9-16,18-19H,1-8H3;9-11,14H,5-8H2,1-4H3;/q-1;;/b;12-9-;. The summed E-state index contributed by atoms with van der Waals surface area (Å²) in [6.45, 7) is 26.7. The number of hydrogen-bond acceptors (Lipinski definition) is 4. The van der Waals surface area contributed by atoms with Gasteiger partial charge in [0.2, 0.25) is 0 Å². The molecule has 3 aromatic carbocycles. The van der Waals surface area contributed by atoms with Gasteiger partial charge in [-0.1, -0.05) is 121 Å². The molecule has 50 heavy (non-hydrogen) atoms. The Morgan fingerprint density at radius 2 is 1.54 bits per heavy atom. The van der Waals surface area contributed by atoms with E-state index in [-0.39, 0.29) is 48.9 Å². The molecule has 7 heteroatoms. The molecule has 0 amide bonds. The summed E-state index contributed by atoms with van der Waals surface area (Å²) in [6.07, 6.45) is 6.83. The quantitative estimate of drug-likeness (QED) is 0.0787. The summed E-state index contributed by atoms with van der Waals surface area (Å²) in [5.41, 5.74) is 5.67. The van der Waals surface area contributed by atoms with Crippen molar-refractivity contribution in [2.24, 2.45) is 11.8 Å². The van der Waals surface area contributed by atoms with Crippen LogP contribution >= 0.6 is 0 Å². The van der Waals surface area contributed by atoms with E-state index in [1.54, 1.807) is 0 Å². The van der Waals surface area contributed by atoms with Crippen LogP contribution < -0.4 is 14.8 Å². The van der Waals surface area contributed by atoms with Crippen molar-refractivity contribution < 1.29 is 34.4 Å². The topological polar surface area (TPSA) is 59.4 Å². The number of ketones is 1. The number of aliphatic hydroxyl groups excluding tert-OH is 1. The van der Waals surface area contributed by atoms with E-state index in [2.05, 4.69) is 114 Å². The van der Waals surface area contributed by atoms with Gasteiger partial charge in [-0.25, -0.2) is 0 Å². The number of fused-ring (bicyclic) bond motifs is 4. The van der Waals surface area contributed by atoms with Crippen molar-refractivity contribution >= 4 is 43.3 Å². The second-order valence-corrected chi connectivity index (χ2v) is 24.9. The van der Waals surface area contributed by atoms with Crippen LogP contribution in [-0.2, 0) is 30.3 Å². The van der Waals surface area contributed by atoms with Gasteiger partial charge in [0.1, 0.15) is 5.75 Å². The number of nitrogens with zero attached hydrogens (tertiary/aromatic N) is 1. The van der Waals surface area contributed by atoms with Gasteiger partial charge in [0.15, 0.2) is 5.78 Å². The zero-order valence-corrected chi connectivity index (χ0v) is 36.8. The molecule has 0 saturated heterocycles. The van der Waals surface area contributed by atoms with E-state index in [1.807, 2.05) is 33.9 Å². The first-order valence-electron chi connectivity index (χ1n) is 18.2. The van der Waals surface area contributed by atoms with E-state index >= 15 is 0 Å². The Labute approximate surface area is 317 Å². The number of allylic oxidation sites excluding steroid dienone is 2. The number of pyridine rings is 1. The predicted molar refractivity (Wildman–Crippen MR) is 215 cm³/mol. The van der Waals surface area contributed by atoms with Crippen molar-refractivity contribution in [2.45, 2.75) is 112 Å². The number of aliphatic hydroxyl groups is 1. The number of rotatable bonds is 9. The molecular formula is C43H58IrNO3Si2-. The third kappa shape index (κ3) is 9.14. The van der Waals surface area contributed by atoms with Crippen LogP contribution in [0.4, 0.5) is 0 Å². The summed E-state index contributed by atoms with van der Waals surface area (Å²) in [4.78, 5) is 16.6. The Morgan fingerprint density at radius 1 is 0.920 bits per heavy atom. The number of aromatic nitrogens is 1. The number of carbonyl (C=O) groups is 1. The van der Waals surface area contributed by atoms with Crippen molar-refractivity contribution in [3.8, 4) is 28.1 Å². The van der Waals surface area contributed by atoms with Gasteiger partial charge < -0.3 is 9.53 Å². The molecular weight excluding hydrogens is 827 g/mol. The first kappa shape index (κ1) is 41.6. The van der Waals surface area contributed by atoms with Crippen molar-refractivity contribution in [1.82, 2.24) is 4.98 Å². The molecule has 271 valence electrons. The summed E-state index contributed by atoms with van der Waals surface area (Å²) in [7, 11) is -3.58. The van der Waals surface area contributed by atoms with E-state index in [9.17, 15) is 9.90 Å². The van der Waals surface area contributed by atoms with Gasteiger partial charge in [0.25, 0.3) is 8.32 Å². The zero-order chi connectivity index (χ0) is 36.3. The molecule has 0 atom stereocenters. The summed E-state index contributed by atoms with van der Waals surface area (Å²) < 4.78 is 6.91. The van der Waals surface area contributed by atoms with Gasteiger partial charge in [-0.15, -0.1) is 29.1 Å².